The molecule has 0 bridgehead atoms. The number of alkyl halides is 1. The van der Waals surface area contributed by atoms with Gasteiger partial charge in [-0.05, 0) is 0 Å². The highest BCUT2D eigenvalue weighted by molar-refractivity contribution is 7.55. The van der Waals surface area contributed by atoms with E-state index in [0.717, 1.165) is 0 Å². The standard InChI is InChI=1S/C2H7ClNO2P/c3-1-2-7(4,5)6/h1-2H2,(H3,4,5,6). The third kappa shape index (κ3) is 6.44. The van der Waals surface area contributed by atoms with Gasteiger partial charge in [0.15, 0.2) is 0 Å². The van der Waals surface area contributed by atoms with Crippen molar-refractivity contribution in [3.63, 3.8) is 0 Å². The molecule has 0 spiro atoms. The molecule has 3 nitrogen and oxygen atoms in total. The van der Waals surface area contributed by atoms with Crippen molar-refractivity contribution in [1.82, 2.24) is 0 Å². The molecule has 0 fully saturated rings. The smallest absolute Gasteiger partial charge is 0.265 e. The molecular weight excluding hydrogens is 136 g/mol. The Balaban J connectivity index is 3.36. The summed E-state index contributed by atoms with van der Waals surface area (Å²) in [6.45, 7) is 0. The topological polar surface area (TPSA) is 63.3 Å². The lowest BCUT2D eigenvalue weighted by Crippen LogP contribution is -1.98. The molecule has 0 saturated carbocycles. The predicted octanol–water partition coefficient (Wildman–Crippen LogP) is 0.369. The van der Waals surface area contributed by atoms with Crippen LogP contribution in [-0.2, 0) is 4.57 Å². The Hall–Kier alpha value is 0.440. The van der Waals surface area contributed by atoms with Gasteiger partial charge in [0, 0.05) is 5.88 Å². The van der Waals surface area contributed by atoms with Gasteiger partial charge in [0.25, 0.3) is 7.52 Å². The third-order valence-electron chi connectivity index (χ3n) is 0.405. The number of hydrogen-bond donors (Lipinski definition) is 2. The van der Waals surface area contributed by atoms with Crippen molar-refractivity contribution >= 4 is 19.1 Å². The summed E-state index contributed by atoms with van der Waals surface area (Å²) < 4.78 is 10.1. The van der Waals surface area contributed by atoms with Crippen LogP contribution in [0.25, 0.3) is 0 Å². The summed E-state index contributed by atoms with van der Waals surface area (Å²) in [6.07, 6.45) is -0.00540. The van der Waals surface area contributed by atoms with Gasteiger partial charge in [-0.1, -0.05) is 0 Å². The van der Waals surface area contributed by atoms with Crippen LogP contribution >= 0.6 is 19.1 Å². The molecule has 0 heterocycles. The van der Waals surface area contributed by atoms with Gasteiger partial charge in [-0.25, -0.2) is 0 Å². The van der Waals surface area contributed by atoms with Gasteiger partial charge in [-0.3, -0.25) is 10.1 Å². The summed E-state index contributed by atoms with van der Waals surface area (Å²) >= 11 is 5.07. The van der Waals surface area contributed by atoms with Crippen molar-refractivity contribution in [2.24, 2.45) is 5.50 Å². The van der Waals surface area contributed by atoms with Gasteiger partial charge >= 0.3 is 0 Å². The molecule has 0 radical (unpaired) electrons. The maximum absolute atomic E-state index is 10.1. The van der Waals surface area contributed by atoms with Crippen LogP contribution in [0.5, 0.6) is 0 Å². The Morgan fingerprint density at radius 3 is 2.29 bits per heavy atom. The number of halogens is 1. The van der Waals surface area contributed by atoms with Crippen LogP contribution in [0.1, 0.15) is 0 Å². The van der Waals surface area contributed by atoms with Crippen LogP contribution in [0.15, 0.2) is 0 Å². The summed E-state index contributed by atoms with van der Waals surface area (Å²) in [5.41, 5.74) is 4.67. The molecule has 5 heteroatoms. The number of rotatable bonds is 2. The van der Waals surface area contributed by atoms with Gasteiger partial charge in [0.2, 0.25) is 0 Å². The average molecular weight is 144 g/mol. The number of hydrogen-bond acceptors (Lipinski definition) is 1. The highest BCUT2D eigenvalue weighted by Crippen LogP contribution is 2.28. The molecule has 0 amide bonds. The quantitative estimate of drug-likeness (QED) is 0.434. The Bertz CT molecular complexity index is 89.7. The molecule has 0 aliphatic carbocycles. The summed E-state index contributed by atoms with van der Waals surface area (Å²) in [4.78, 5) is 8.27. The maximum Gasteiger partial charge on any atom is 0.265 e. The summed E-state index contributed by atoms with van der Waals surface area (Å²) in [5.74, 6) is 0.143. The van der Waals surface area contributed by atoms with Crippen LogP contribution in [-0.4, -0.2) is 16.9 Å². The van der Waals surface area contributed by atoms with Crippen LogP contribution in [0.3, 0.4) is 0 Å². The fraction of sp³-hybridized carbons (Fsp3) is 1.00. The molecule has 1 atom stereocenters. The summed E-state index contributed by atoms with van der Waals surface area (Å²) in [6, 6.07) is 0. The zero-order valence-electron chi connectivity index (χ0n) is 3.67. The first-order valence-electron chi connectivity index (χ1n) is 1.72. The minimum Gasteiger partial charge on any atom is -0.333 e. The highest BCUT2D eigenvalue weighted by Gasteiger charge is 2.06. The fourth-order valence-corrected chi connectivity index (χ4v) is 1.09. The summed E-state index contributed by atoms with van der Waals surface area (Å²) in [7, 11) is -3.30. The minimum absolute atomic E-state index is 0.00540. The van der Waals surface area contributed by atoms with E-state index in [1.807, 2.05) is 0 Å². The van der Waals surface area contributed by atoms with Crippen LogP contribution in [0, 0.1) is 0 Å². The molecule has 0 saturated heterocycles. The van der Waals surface area contributed by atoms with Crippen molar-refractivity contribution in [1.29, 1.82) is 0 Å². The van der Waals surface area contributed by atoms with E-state index in [0.29, 0.717) is 0 Å². The fourth-order valence-electron chi connectivity index (χ4n) is 0.121. The monoisotopic (exact) mass is 143 g/mol. The lowest BCUT2D eigenvalue weighted by molar-refractivity contribution is 0.481. The molecule has 44 valence electrons. The molecule has 0 aromatic carbocycles. The second kappa shape index (κ2) is 2.68. The molecule has 1 unspecified atom stereocenters. The average Bonchev–Trinajstić information content (AvgIpc) is 1.30. The van der Waals surface area contributed by atoms with E-state index in [4.69, 9.17) is 16.5 Å². The van der Waals surface area contributed by atoms with E-state index in [-0.39, 0.29) is 12.0 Å². The normalized spacial score (nSPS) is 18.7. The van der Waals surface area contributed by atoms with Gasteiger partial charge in [-0.15, -0.1) is 11.6 Å². The van der Waals surface area contributed by atoms with Crippen molar-refractivity contribution in [2.75, 3.05) is 12.0 Å². The van der Waals surface area contributed by atoms with E-state index >= 15 is 0 Å². The van der Waals surface area contributed by atoms with Gasteiger partial charge in [-0.2, -0.15) is 0 Å². The van der Waals surface area contributed by atoms with Crippen molar-refractivity contribution in [3.8, 4) is 0 Å². The highest BCUT2D eigenvalue weighted by atomic mass is 35.5. The molecule has 7 heavy (non-hydrogen) atoms. The SMILES string of the molecule is NP(=O)(O)CCCl. The molecular formula is C2H7ClNO2P. The molecule has 0 aliphatic rings. The Morgan fingerprint density at radius 2 is 2.29 bits per heavy atom. The largest absolute Gasteiger partial charge is 0.333 e. The first-order valence-corrected chi connectivity index (χ1v) is 4.17. The lowest BCUT2D eigenvalue weighted by Gasteiger charge is -1.97. The van der Waals surface area contributed by atoms with Gasteiger partial charge < -0.3 is 4.89 Å². The van der Waals surface area contributed by atoms with Crippen LogP contribution in [0.4, 0.5) is 0 Å². The second-order valence-corrected chi connectivity index (χ2v) is 3.50. The Kier molecular flexibility index (Phi) is 2.84. The van der Waals surface area contributed by atoms with Crippen molar-refractivity contribution in [3.05, 3.63) is 0 Å². The van der Waals surface area contributed by atoms with Crippen LogP contribution < -0.4 is 5.50 Å². The maximum atomic E-state index is 10.1. The van der Waals surface area contributed by atoms with E-state index in [2.05, 4.69) is 5.50 Å². The molecule has 3 N–H and O–H groups in total. The van der Waals surface area contributed by atoms with E-state index in [9.17, 15) is 4.57 Å². The Labute approximate surface area is 47.0 Å². The lowest BCUT2D eigenvalue weighted by atomic mass is 11.0. The van der Waals surface area contributed by atoms with E-state index in [1.165, 1.54) is 0 Å². The number of nitrogens with two attached hydrogens (primary N) is 1. The van der Waals surface area contributed by atoms with Gasteiger partial charge in [0.05, 0.1) is 6.16 Å². The molecule has 0 aromatic rings. The molecule has 0 aromatic heterocycles. The van der Waals surface area contributed by atoms with E-state index in [1.54, 1.807) is 0 Å². The molecule has 0 rings (SSSR count). The summed E-state index contributed by atoms with van der Waals surface area (Å²) in [5, 5.41) is 0. The van der Waals surface area contributed by atoms with Gasteiger partial charge in [0.1, 0.15) is 0 Å². The first-order chi connectivity index (χ1) is 3.06. The predicted molar refractivity (Wildman–Crippen MR) is 29.6 cm³/mol. The van der Waals surface area contributed by atoms with Crippen molar-refractivity contribution in [2.45, 2.75) is 0 Å². The van der Waals surface area contributed by atoms with Crippen molar-refractivity contribution < 1.29 is 9.46 Å². The Morgan fingerprint density at radius 1 is 1.86 bits per heavy atom. The molecule has 0 aliphatic heterocycles. The van der Waals surface area contributed by atoms with Crippen LogP contribution in [0.2, 0.25) is 0 Å². The minimum atomic E-state index is -3.30. The first kappa shape index (κ1) is 7.44. The van der Waals surface area contributed by atoms with E-state index < -0.39 is 7.52 Å². The second-order valence-electron chi connectivity index (χ2n) is 1.17. The zero-order chi connectivity index (χ0) is 5.91. The third-order valence-corrected chi connectivity index (χ3v) is 1.72. The zero-order valence-corrected chi connectivity index (χ0v) is 5.32.